The Bertz CT molecular complexity index is 760. The van der Waals surface area contributed by atoms with E-state index in [1.807, 2.05) is 0 Å². The maximum Gasteiger partial charge on any atom is 0.348 e. The van der Waals surface area contributed by atoms with Gasteiger partial charge in [-0.1, -0.05) is 51.2 Å². The van der Waals surface area contributed by atoms with Crippen LogP contribution in [-0.2, 0) is 19.1 Å². The average Bonchev–Trinajstić information content (AvgIpc) is 3.16. The molecule has 2 aliphatic heterocycles. The van der Waals surface area contributed by atoms with Gasteiger partial charge in [0.25, 0.3) is 0 Å². The Labute approximate surface area is 160 Å². The smallest absolute Gasteiger partial charge is 0.348 e. The first-order valence-corrected chi connectivity index (χ1v) is 9.77. The van der Waals surface area contributed by atoms with Crippen LogP contribution in [0.2, 0.25) is 0 Å². The van der Waals surface area contributed by atoms with Gasteiger partial charge in [0.1, 0.15) is 6.10 Å². The van der Waals surface area contributed by atoms with Gasteiger partial charge in [-0.3, -0.25) is 0 Å². The van der Waals surface area contributed by atoms with Crippen LogP contribution in [0.4, 0.5) is 0 Å². The third kappa shape index (κ3) is 4.39. The molecule has 0 unspecified atom stereocenters. The minimum absolute atomic E-state index is 0.301. The van der Waals surface area contributed by atoms with E-state index >= 15 is 0 Å². The van der Waals surface area contributed by atoms with Crippen molar-refractivity contribution in [2.45, 2.75) is 64.1 Å². The zero-order chi connectivity index (χ0) is 19.2. The van der Waals surface area contributed by atoms with Crippen molar-refractivity contribution in [3.8, 4) is 6.07 Å². The largest absolute Gasteiger partial charge is 0.459 e. The van der Waals surface area contributed by atoms with Crippen LogP contribution in [-0.4, -0.2) is 24.1 Å². The van der Waals surface area contributed by atoms with Gasteiger partial charge in [-0.25, -0.2) is 9.59 Å². The van der Waals surface area contributed by atoms with Crippen molar-refractivity contribution in [2.24, 2.45) is 5.92 Å². The highest BCUT2D eigenvalue weighted by atomic mass is 16.6. The lowest BCUT2D eigenvalue weighted by Gasteiger charge is -2.15. The second-order valence-electron chi connectivity index (χ2n) is 7.22. The number of hydrogen-bond donors (Lipinski definition) is 0. The molecule has 0 saturated carbocycles. The van der Waals surface area contributed by atoms with E-state index in [2.05, 4.69) is 13.0 Å². The predicted octanol–water partition coefficient (Wildman–Crippen LogP) is 4.16. The highest BCUT2D eigenvalue weighted by Gasteiger charge is 2.55. The first kappa shape index (κ1) is 19.2. The molecule has 0 bridgehead atoms. The van der Waals surface area contributed by atoms with Crippen molar-refractivity contribution in [1.29, 1.82) is 5.26 Å². The summed E-state index contributed by atoms with van der Waals surface area (Å²) in [5.74, 6) is -1.22. The number of hydrogen-bond acceptors (Lipinski definition) is 5. The molecule has 1 aromatic carbocycles. The summed E-state index contributed by atoms with van der Waals surface area (Å²) in [5.41, 5.74) is 1.86. The minimum Gasteiger partial charge on any atom is -0.459 e. The van der Waals surface area contributed by atoms with Gasteiger partial charge in [0.15, 0.2) is 0 Å². The van der Waals surface area contributed by atoms with Crippen molar-refractivity contribution in [3.05, 3.63) is 41.0 Å². The summed E-state index contributed by atoms with van der Waals surface area (Å²) in [7, 11) is 0. The molecule has 0 spiro atoms. The lowest BCUT2D eigenvalue weighted by molar-refractivity contribution is -0.156. The third-order valence-corrected chi connectivity index (χ3v) is 5.26. The number of unbranched alkanes of at least 4 members (excludes halogenated alkanes) is 5. The lowest BCUT2D eigenvalue weighted by atomic mass is 9.88. The maximum atomic E-state index is 12.3. The number of benzene rings is 1. The fourth-order valence-electron chi connectivity index (χ4n) is 3.79. The molecule has 0 radical (unpaired) electrons. The van der Waals surface area contributed by atoms with Crippen LogP contribution in [0, 0.1) is 17.2 Å². The number of ether oxygens (including phenoxy) is 2. The number of fused-ring (bicyclic) bond motifs is 1. The molecular formula is C22H25NO4. The van der Waals surface area contributed by atoms with Gasteiger partial charge in [0.2, 0.25) is 6.10 Å². The quantitative estimate of drug-likeness (QED) is 0.392. The Morgan fingerprint density at radius 3 is 2.44 bits per heavy atom. The zero-order valence-electron chi connectivity index (χ0n) is 15.6. The third-order valence-electron chi connectivity index (χ3n) is 5.26. The van der Waals surface area contributed by atoms with Crippen LogP contribution in [0.15, 0.2) is 29.8 Å². The van der Waals surface area contributed by atoms with Crippen LogP contribution in [0.1, 0.15) is 63.0 Å². The Balaban J connectivity index is 1.68. The highest BCUT2D eigenvalue weighted by Crippen LogP contribution is 2.40. The lowest BCUT2D eigenvalue weighted by Crippen LogP contribution is -2.22. The number of nitrogens with zero attached hydrogens (tertiary/aromatic N) is 1. The number of nitriles is 1. The number of carbonyl (C=O) groups is 2. The summed E-state index contributed by atoms with van der Waals surface area (Å²) in [4.78, 5) is 24.4. The Morgan fingerprint density at radius 1 is 1.04 bits per heavy atom. The average molecular weight is 367 g/mol. The van der Waals surface area contributed by atoms with Gasteiger partial charge in [0, 0.05) is 5.57 Å². The molecule has 5 heteroatoms. The Morgan fingerprint density at radius 2 is 1.74 bits per heavy atom. The molecule has 1 aromatic rings. The second kappa shape index (κ2) is 8.85. The van der Waals surface area contributed by atoms with Gasteiger partial charge in [-0.05, 0) is 36.6 Å². The van der Waals surface area contributed by atoms with Gasteiger partial charge in [-0.15, -0.1) is 0 Å². The molecule has 0 aromatic heterocycles. The molecule has 5 nitrogen and oxygen atoms in total. The van der Waals surface area contributed by atoms with Crippen molar-refractivity contribution >= 4 is 18.0 Å². The maximum absolute atomic E-state index is 12.3. The van der Waals surface area contributed by atoms with Gasteiger partial charge in [-0.2, -0.15) is 5.26 Å². The molecule has 0 amide bonds. The normalized spacial score (nSPS) is 25.2. The van der Waals surface area contributed by atoms with Crippen molar-refractivity contribution in [3.63, 3.8) is 0 Å². The van der Waals surface area contributed by atoms with Crippen LogP contribution >= 0.6 is 0 Å². The van der Waals surface area contributed by atoms with Crippen LogP contribution in [0.5, 0.6) is 0 Å². The topological polar surface area (TPSA) is 76.4 Å². The van der Waals surface area contributed by atoms with E-state index in [0.29, 0.717) is 11.1 Å². The summed E-state index contributed by atoms with van der Waals surface area (Å²) < 4.78 is 10.8. The molecule has 27 heavy (non-hydrogen) atoms. The molecule has 2 saturated heterocycles. The van der Waals surface area contributed by atoms with E-state index in [1.165, 1.54) is 25.7 Å². The molecule has 3 atom stereocenters. The first-order valence-electron chi connectivity index (χ1n) is 9.77. The summed E-state index contributed by atoms with van der Waals surface area (Å²) >= 11 is 0. The fourth-order valence-corrected chi connectivity index (χ4v) is 3.79. The monoisotopic (exact) mass is 367 g/mol. The Hall–Kier alpha value is -2.61. The number of cyclic esters (lactones) is 1. The fraction of sp³-hybridized carbons (Fsp3) is 0.500. The van der Waals surface area contributed by atoms with Crippen molar-refractivity contribution in [2.75, 3.05) is 0 Å². The SMILES string of the molecule is CCCCCCCC[C@H]1OC(=O)[C@@H]2OC(=O)/C(=C\c3ccc(C#N)cc3)[C@H]12. The zero-order valence-corrected chi connectivity index (χ0v) is 15.6. The van der Waals surface area contributed by atoms with Crippen molar-refractivity contribution in [1.82, 2.24) is 0 Å². The van der Waals surface area contributed by atoms with Crippen molar-refractivity contribution < 1.29 is 19.1 Å². The van der Waals surface area contributed by atoms with E-state index in [9.17, 15) is 9.59 Å². The summed E-state index contributed by atoms with van der Waals surface area (Å²) in [6.45, 7) is 2.19. The number of esters is 2. The number of rotatable bonds is 8. The summed E-state index contributed by atoms with van der Waals surface area (Å²) in [5, 5.41) is 8.90. The number of carbonyl (C=O) groups excluding carboxylic acids is 2. The summed E-state index contributed by atoms with van der Waals surface area (Å²) in [6.07, 6.45) is 8.36. The Kier molecular flexibility index (Phi) is 6.28. The van der Waals surface area contributed by atoms with Crippen LogP contribution in [0.3, 0.4) is 0 Å². The molecule has 2 heterocycles. The standard InChI is InChI=1S/C22H25NO4/c1-2-3-4-5-6-7-8-18-19-17(21(24)27-20(19)22(25)26-18)13-15-9-11-16(14-23)12-10-15/h9-13,18-20H,2-8H2,1H3/b17-13-/t18-,19-,20-/m1/s1. The first-order chi connectivity index (χ1) is 13.1. The van der Waals surface area contributed by atoms with Gasteiger partial charge >= 0.3 is 11.9 Å². The minimum atomic E-state index is -0.813. The van der Waals surface area contributed by atoms with Crippen LogP contribution < -0.4 is 0 Å². The van der Waals surface area contributed by atoms with E-state index in [-0.39, 0.29) is 12.0 Å². The molecule has 0 N–H and O–H groups in total. The molecule has 0 aliphatic carbocycles. The highest BCUT2D eigenvalue weighted by molar-refractivity contribution is 6.01. The van der Waals surface area contributed by atoms with E-state index in [0.717, 1.165) is 24.8 Å². The van der Waals surface area contributed by atoms with E-state index in [1.54, 1.807) is 30.3 Å². The van der Waals surface area contributed by atoms with E-state index < -0.39 is 18.0 Å². The second-order valence-corrected chi connectivity index (χ2v) is 7.22. The molecular weight excluding hydrogens is 342 g/mol. The molecule has 3 rings (SSSR count). The van der Waals surface area contributed by atoms with Crippen LogP contribution in [0.25, 0.3) is 6.08 Å². The molecule has 2 fully saturated rings. The van der Waals surface area contributed by atoms with E-state index in [4.69, 9.17) is 14.7 Å². The molecule has 2 aliphatic rings. The predicted molar refractivity (Wildman–Crippen MR) is 100 cm³/mol. The van der Waals surface area contributed by atoms with Gasteiger partial charge < -0.3 is 9.47 Å². The molecule has 142 valence electrons. The summed E-state index contributed by atoms with van der Waals surface area (Å²) in [6, 6.07) is 9.04. The van der Waals surface area contributed by atoms with Gasteiger partial charge in [0.05, 0.1) is 17.6 Å².